The van der Waals surface area contributed by atoms with Crippen LogP contribution in [0.3, 0.4) is 0 Å². The molecular weight excluding hydrogens is 268 g/mol. The quantitative estimate of drug-likeness (QED) is 0.731. The van der Waals surface area contributed by atoms with Crippen LogP contribution in [-0.2, 0) is 10.8 Å². The van der Waals surface area contributed by atoms with Gasteiger partial charge in [-0.05, 0) is 45.6 Å². The second-order valence-electron chi connectivity index (χ2n) is 7.77. The largest absolute Gasteiger partial charge is 0.508 e. The first kappa shape index (κ1) is 16.6. The lowest BCUT2D eigenvalue weighted by Crippen LogP contribution is -2.20. The molecule has 1 N–H and O–H groups in total. The van der Waals surface area contributed by atoms with Gasteiger partial charge in [0.2, 0.25) is 0 Å². The van der Waals surface area contributed by atoms with Crippen molar-refractivity contribution in [3.63, 3.8) is 0 Å². The Morgan fingerprint density at radius 2 is 1.45 bits per heavy atom. The van der Waals surface area contributed by atoms with Crippen molar-refractivity contribution < 1.29 is 5.11 Å². The molecule has 0 aliphatic carbocycles. The van der Waals surface area contributed by atoms with Gasteiger partial charge in [0.05, 0.1) is 0 Å². The highest BCUT2D eigenvalue weighted by Crippen LogP contribution is 2.42. The van der Waals surface area contributed by atoms with Gasteiger partial charge in [-0.1, -0.05) is 77.9 Å². The molecule has 118 valence electrons. The highest BCUT2D eigenvalue weighted by molar-refractivity contribution is 5.72. The van der Waals surface area contributed by atoms with Crippen molar-refractivity contribution >= 4 is 0 Å². The van der Waals surface area contributed by atoms with E-state index in [-0.39, 0.29) is 10.8 Å². The predicted molar refractivity (Wildman–Crippen MR) is 95.6 cm³/mol. The molecule has 0 aliphatic heterocycles. The van der Waals surface area contributed by atoms with Gasteiger partial charge >= 0.3 is 0 Å². The Morgan fingerprint density at radius 3 is 1.95 bits per heavy atom. The zero-order valence-corrected chi connectivity index (χ0v) is 14.7. The predicted octanol–water partition coefficient (Wildman–Crippen LogP) is 6.04. The molecule has 2 aromatic rings. The summed E-state index contributed by atoms with van der Waals surface area (Å²) in [4.78, 5) is 0. The highest BCUT2D eigenvalue weighted by atomic mass is 16.3. The van der Waals surface area contributed by atoms with Crippen LogP contribution in [0.4, 0.5) is 0 Å². The number of hydrogen-bond donors (Lipinski definition) is 1. The van der Waals surface area contributed by atoms with Gasteiger partial charge in [-0.2, -0.15) is 0 Å². The molecule has 2 aromatic carbocycles. The van der Waals surface area contributed by atoms with E-state index in [0.29, 0.717) is 5.75 Å². The molecular formula is C21H28O. The minimum absolute atomic E-state index is 0.0683. The van der Waals surface area contributed by atoms with E-state index in [4.69, 9.17) is 0 Å². The SMILES string of the molecule is CCC(C)(C)c1cc(C(C)(C)C)c(O)cc1-c1ccccc1. The van der Waals surface area contributed by atoms with E-state index in [0.717, 1.165) is 23.1 Å². The molecule has 2 rings (SSSR count). The molecule has 1 nitrogen and oxygen atoms in total. The Labute approximate surface area is 135 Å². The average molecular weight is 296 g/mol. The Bertz CT molecular complexity index is 646. The van der Waals surface area contributed by atoms with Gasteiger partial charge < -0.3 is 5.11 Å². The zero-order valence-electron chi connectivity index (χ0n) is 14.7. The summed E-state index contributed by atoms with van der Waals surface area (Å²) in [6.45, 7) is 13.2. The van der Waals surface area contributed by atoms with Gasteiger partial charge in [-0.25, -0.2) is 0 Å². The molecule has 22 heavy (non-hydrogen) atoms. The van der Waals surface area contributed by atoms with Crippen LogP contribution in [0.15, 0.2) is 42.5 Å². The Morgan fingerprint density at radius 1 is 0.864 bits per heavy atom. The smallest absolute Gasteiger partial charge is 0.119 e. The Balaban J connectivity index is 2.76. The van der Waals surface area contributed by atoms with Gasteiger partial charge in [-0.3, -0.25) is 0 Å². The second-order valence-corrected chi connectivity index (χ2v) is 7.77. The third-order valence-electron chi connectivity index (χ3n) is 4.64. The average Bonchev–Trinajstić information content (AvgIpc) is 2.46. The molecule has 0 unspecified atom stereocenters. The van der Waals surface area contributed by atoms with Gasteiger partial charge in [0.1, 0.15) is 5.75 Å². The fourth-order valence-corrected chi connectivity index (χ4v) is 2.80. The topological polar surface area (TPSA) is 20.2 Å². The molecule has 0 radical (unpaired) electrons. The van der Waals surface area contributed by atoms with E-state index in [1.807, 2.05) is 24.3 Å². The normalized spacial score (nSPS) is 12.5. The maximum atomic E-state index is 10.6. The van der Waals surface area contributed by atoms with Crippen molar-refractivity contribution in [2.45, 2.75) is 58.8 Å². The Kier molecular flexibility index (Phi) is 4.37. The third kappa shape index (κ3) is 3.19. The van der Waals surface area contributed by atoms with Crippen molar-refractivity contribution in [3.05, 3.63) is 53.6 Å². The summed E-state index contributed by atoms with van der Waals surface area (Å²) < 4.78 is 0. The first-order valence-corrected chi connectivity index (χ1v) is 8.10. The fraction of sp³-hybridized carbons (Fsp3) is 0.429. The number of phenolic OH excluding ortho intramolecular Hbond substituents is 1. The molecule has 0 saturated heterocycles. The van der Waals surface area contributed by atoms with Crippen LogP contribution >= 0.6 is 0 Å². The maximum absolute atomic E-state index is 10.6. The minimum atomic E-state index is -0.0716. The highest BCUT2D eigenvalue weighted by Gasteiger charge is 2.27. The van der Waals surface area contributed by atoms with Gasteiger partial charge in [0.15, 0.2) is 0 Å². The molecule has 0 atom stereocenters. The molecule has 0 fully saturated rings. The zero-order chi connectivity index (χ0) is 16.5. The number of rotatable bonds is 3. The lowest BCUT2D eigenvalue weighted by atomic mass is 9.74. The molecule has 0 amide bonds. The molecule has 0 heterocycles. The van der Waals surface area contributed by atoms with Gasteiger partial charge in [0.25, 0.3) is 0 Å². The third-order valence-corrected chi connectivity index (χ3v) is 4.64. The number of benzene rings is 2. The van der Waals surface area contributed by atoms with Crippen molar-refractivity contribution in [1.29, 1.82) is 0 Å². The summed E-state index contributed by atoms with van der Waals surface area (Å²) in [6, 6.07) is 14.5. The van der Waals surface area contributed by atoms with Crippen LogP contribution < -0.4 is 0 Å². The van der Waals surface area contributed by atoms with Crippen LogP contribution in [-0.4, -0.2) is 5.11 Å². The van der Waals surface area contributed by atoms with Crippen molar-refractivity contribution in [1.82, 2.24) is 0 Å². The monoisotopic (exact) mass is 296 g/mol. The van der Waals surface area contributed by atoms with Crippen molar-refractivity contribution in [2.75, 3.05) is 0 Å². The van der Waals surface area contributed by atoms with Gasteiger partial charge in [0, 0.05) is 0 Å². The molecule has 0 saturated carbocycles. The van der Waals surface area contributed by atoms with Gasteiger partial charge in [-0.15, -0.1) is 0 Å². The molecule has 0 bridgehead atoms. The summed E-state index contributed by atoms with van der Waals surface area (Å²) in [7, 11) is 0. The van der Waals surface area contributed by atoms with Crippen molar-refractivity contribution in [2.24, 2.45) is 0 Å². The van der Waals surface area contributed by atoms with Crippen LogP contribution in [0.5, 0.6) is 5.75 Å². The number of phenols is 1. The summed E-state index contributed by atoms with van der Waals surface area (Å²) in [5.41, 5.74) is 4.62. The molecule has 0 aliphatic rings. The van der Waals surface area contributed by atoms with Crippen LogP contribution in [0, 0.1) is 0 Å². The first-order valence-electron chi connectivity index (χ1n) is 8.10. The summed E-state index contributed by atoms with van der Waals surface area (Å²) >= 11 is 0. The molecule has 0 aromatic heterocycles. The second kappa shape index (κ2) is 5.79. The lowest BCUT2D eigenvalue weighted by molar-refractivity contribution is 0.443. The summed E-state index contributed by atoms with van der Waals surface area (Å²) in [6.07, 6.45) is 1.06. The number of hydrogen-bond acceptors (Lipinski definition) is 1. The summed E-state index contributed by atoms with van der Waals surface area (Å²) in [5.74, 6) is 0.391. The van der Waals surface area contributed by atoms with Crippen LogP contribution in [0.2, 0.25) is 0 Å². The van der Waals surface area contributed by atoms with E-state index in [1.54, 1.807) is 0 Å². The Hall–Kier alpha value is -1.76. The first-order chi connectivity index (χ1) is 10.2. The van der Waals surface area contributed by atoms with Crippen molar-refractivity contribution in [3.8, 4) is 16.9 Å². The van der Waals surface area contributed by atoms with Crippen LogP contribution in [0.1, 0.15) is 59.1 Å². The standard InChI is InChI=1S/C21H28O/c1-7-21(5,6)17-14-18(20(2,3)4)19(22)13-16(17)15-11-9-8-10-12-15/h8-14,22H,7H2,1-6H3. The van der Waals surface area contributed by atoms with E-state index in [2.05, 4.69) is 59.7 Å². The number of aromatic hydroxyl groups is 1. The molecule has 1 heteroatoms. The summed E-state index contributed by atoms with van der Waals surface area (Å²) in [5, 5.41) is 10.6. The van der Waals surface area contributed by atoms with Crippen LogP contribution in [0.25, 0.3) is 11.1 Å². The lowest BCUT2D eigenvalue weighted by Gasteiger charge is -2.30. The van der Waals surface area contributed by atoms with E-state index >= 15 is 0 Å². The molecule has 0 spiro atoms. The minimum Gasteiger partial charge on any atom is -0.508 e. The van der Waals surface area contributed by atoms with E-state index < -0.39 is 0 Å². The van der Waals surface area contributed by atoms with E-state index in [9.17, 15) is 5.11 Å². The van der Waals surface area contributed by atoms with E-state index in [1.165, 1.54) is 5.56 Å². The fourth-order valence-electron chi connectivity index (χ4n) is 2.80. The maximum Gasteiger partial charge on any atom is 0.119 e.